The van der Waals surface area contributed by atoms with Crippen LogP contribution >= 0.6 is 0 Å². The molecule has 0 aliphatic heterocycles. The predicted octanol–water partition coefficient (Wildman–Crippen LogP) is 4.03. The van der Waals surface area contributed by atoms with Crippen molar-refractivity contribution in [3.8, 4) is 12.1 Å². The quantitative estimate of drug-likeness (QED) is 0.804. The van der Waals surface area contributed by atoms with E-state index in [2.05, 4.69) is 15.3 Å². The third kappa shape index (κ3) is 2.51. The molecule has 2 atom stereocenters. The second kappa shape index (κ2) is 6.27. The van der Waals surface area contributed by atoms with Gasteiger partial charge in [-0.25, -0.2) is 9.97 Å². The van der Waals surface area contributed by atoms with Gasteiger partial charge in [0.25, 0.3) is 0 Å². The summed E-state index contributed by atoms with van der Waals surface area (Å²) >= 11 is 0. The minimum Gasteiger partial charge on any atom is -0.325 e. The smallest absolute Gasteiger partial charge is 0.325 e. The maximum atomic E-state index is 13.5. The fourth-order valence-corrected chi connectivity index (χ4v) is 4.93. The molecule has 1 N–H and O–H groups in total. The van der Waals surface area contributed by atoms with Crippen molar-refractivity contribution in [3.05, 3.63) is 52.6 Å². The number of fused-ring (bicyclic) bond motifs is 5. The number of hydrogen-bond acceptors (Lipinski definition) is 5. The standard InChI is InChI=1S/C21H16F3N5O/c1-19(2)13-6-7-20(19,17-16(13)28-14(9-25)15(10-26)29-17)18(30)27-12-5-3-4-11(8-12)21(22,23)24/h3-5,8,13H,6-7H2,1-2H3,(H,27,30)/t13-,20-/m0/s1. The van der Waals surface area contributed by atoms with Crippen LogP contribution in [0.15, 0.2) is 24.3 Å². The van der Waals surface area contributed by atoms with Gasteiger partial charge in [0.15, 0.2) is 11.4 Å². The van der Waals surface area contributed by atoms with Gasteiger partial charge in [-0.3, -0.25) is 4.79 Å². The molecule has 0 unspecified atom stereocenters. The van der Waals surface area contributed by atoms with Gasteiger partial charge in [-0.15, -0.1) is 0 Å². The zero-order valence-electron chi connectivity index (χ0n) is 16.1. The lowest BCUT2D eigenvalue weighted by Crippen LogP contribution is -2.46. The van der Waals surface area contributed by atoms with Crippen molar-refractivity contribution in [2.24, 2.45) is 5.41 Å². The first-order valence-electron chi connectivity index (χ1n) is 9.27. The Morgan fingerprint density at radius 2 is 1.87 bits per heavy atom. The Bertz CT molecular complexity index is 1160. The van der Waals surface area contributed by atoms with E-state index >= 15 is 0 Å². The number of hydrogen-bond donors (Lipinski definition) is 1. The summed E-state index contributed by atoms with van der Waals surface area (Å²) in [6.07, 6.45) is -3.48. The van der Waals surface area contributed by atoms with E-state index in [1.165, 1.54) is 12.1 Å². The van der Waals surface area contributed by atoms with Gasteiger partial charge in [-0.2, -0.15) is 23.7 Å². The minimum absolute atomic E-state index is 0.0269. The molecule has 2 aliphatic carbocycles. The summed E-state index contributed by atoms with van der Waals surface area (Å²) in [6, 6.07) is 8.14. The minimum atomic E-state index is -4.53. The first-order valence-corrected chi connectivity index (χ1v) is 9.27. The van der Waals surface area contributed by atoms with Crippen molar-refractivity contribution in [3.63, 3.8) is 0 Å². The van der Waals surface area contributed by atoms with E-state index in [4.69, 9.17) is 0 Å². The van der Waals surface area contributed by atoms with Gasteiger partial charge in [0.2, 0.25) is 5.91 Å². The van der Waals surface area contributed by atoms with E-state index in [0.717, 1.165) is 12.1 Å². The van der Waals surface area contributed by atoms with Crippen LogP contribution in [0.2, 0.25) is 0 Å². The molecule has 9 heteroatoms. The van der Waals surface area contributed by atoms with E-state index in [9.17, 15) is 28.5 Å². The van der Waals surface area contributed by atoms with Gasteiger partial charge in [0.1, 0.15) is 12.1 Å². The molecular formula is C21H16F3N5O. The zero-order chi connectivity index (χ0) is 21.9. The maximum Gasteiger partial charge on any atom is 0.416 e. The lowest BCUT2D eigenvalue weighted by Gasteiger charge is -2.36. The van der Waals surface area contributed by atoms with E-state index in [1.807, 2.05) is 26.0 Å². The molecule has 1 heterocycles. The molecule has 2 aliphatic rings. The first-order chi connectivity index (χ1) is 14.1. The fraction of sp³-hybridized carbons (Fsp3) is 0.381. The van der Waals surface area contributed by atoms with Crippen molar-refractivity contribution < 1.29 is 18.0 Å². The van der Waals surface area contributed by atoms with Crippen molar-refractivity contribution in [1.29, 1.82) is 10.5 Å². The highest BCUT2D eigenvalue weighted by Crippen LogP contribution is 2.67. The van der Waals surface area contributed by atoms with Crippen LogP contribution in [0.4, 0.5) is 18.9 Å². The Kier molecular flexibility index (Phi) is 4.14. The van der Waals surface area contributed by atoms with Crippen molar-refractivity contribution in [2.75, 3.05) is 5.32 Å². The highest BCUT2D eigenvalue weighted by molar-refractivity contribution is 6.01. The highest BCUT2D eigenvalue weighted by atomic mass is 19.4. The van der Waals surface area contributed by atoms with E-state index in [-0.39, 0.29) is 23.0 Å². The number of benzene rings is 1. The Balaban J connectivity index is 1.80. The topological polar surface area (TPSA) is 102 Å². The van der Waals surface area contributed by atoms with Gasteiger partial charge < -0.3 is 5.32 Å². The number of aromatic nitrogens is 2. The Morgan fingerprint density at radius 1 is 1.20 bits per heavy atom. The Hall–Kier alpha value is -3.46. The molecule has 4 rings (SSSR count). The van der Waals surface area contributed by atoms with Gasteiger partial charge >= 0.3 is 6.18 Å². The summed E-state index contributed by atoms with van der Waals surface area (Å²) in [5, 5.41) is 21.2. The summed E-state index contributed by atoms with van der Waals surface area (Å²) in [7, 11) is 0. The summed E-state index contributed by atoms with van der Waals surface area (Å²) in [4.78, 5) is 22.1. The first kappa shape index (κ1) is 19.8. The number of carbonyl (C=O) groups excluding carboxylic acids is 1. The molecule has 30 heavy (non-hydrogen) atoms. The average Bonchev–Trinajstić information content (AvgIpc) is 3.08. The monoisotopic (exact) mass is 411 g/mol. The number of halogens is 3. The molecule has 0 radical (unpaired) electrons. The van der Waals surface area contributed by atoms with E-state index in [1.54, 1.807) is 0 Å². The normalized spacial score (nSPS) is 23.4. The number of nitrogens with zero attached hydrogens (tertiary/aromatic N) is 4. The summed E-state index contributed by atoms with van der Waals surface area (Å²) in [6.45, 7) is 3.77. The average molecular weight is 411 g/mol. The molecule has 1 saturated carbocycles. The summed E-state index contributed by atoms with van der Waals surface area (Å²) in [5.74, 6) is -0.636. The number of nitriles is 2. The molecule has 1 aromatic heterocycles. The molecule has 1 amide bonds. The van der Waals surface area contributed by atoms with Crippen molar-refractivity contribution in [1.82, 2.24) is 9.97 Å². The lowest BCUT2D eigenvalue weighted by molar-refractivity contribution is -0.137. The Labute approximate surface area is 170 Å². The molecule has 2 aromatic rings. The van der Waals surface area contributed by atoms with Crippen LogP contribution in [-0.2, 0) is 16.4 Å². The summed E-state index contributed by atoms with van der Waals surface area (Å²) in [5.41, 5.74) is -2.03. The molecule has 152 valence electrons. The number of anilines is 1. The molecule has 0 saturated heterocycles. The fourth-order valence-electron chi connectivity index (χ4n) is 4.93. The number of alkyl halides is 3. The third-order valence-electron chi connectivity index (χ3n) is 6.48. The largest absolute Gasteiger partial charge is 0.416 e. The SMILES string of the molecule is CC1(C)[C@H]2CC[C@@]1(C(=O)Nc1cccc(C(F)(F)F)c1)c1nc(C#N)c(C#N)nc12. The third-order valence-corrected chi connectivity index (χ3v) is 6.48. The van der Waals surface area contributed by atoms with Crippen LogP contribution in [0.5, 0.6) is 0 Å². The van der Waals surface area contributed by atoms with Crippen LogP contribution in [-0.4, -0.2) is 15.9 Å². The van der Waals surface area contributed by atoms with Gasteiger partial charge in [-0.05, 0) is 36.5 Å². The van der Waals surface area contributed by atoms with Crippen LogP contribution < -0.4 is 5.32 Å². The van der Waals surface area contributed by atoms with Crippen molar-refractivity contribution >= 4 is 11.6 Å². The number of nitrogens with one attached hydrogen (secondary N) is 1. The molecule has 2 bridgehead atoms. The molecule has 1 fully saturated rings. The zero-order valence-corrected chi connectivity index (χ0v) is 16.1. The predicted molar refractivity (Wildman–Crippen MR) is 99.0 cm³/mol. The number of carbonyl (C=O) groups is 1. The summed E-state index contributed by atoms with van der Waals surface area (Å²) < 4.78 is 39.1. The van der Waals surface area contributed by atoms with Gasteiger partial charge in [-0.1, -0.05) is 19.9 Å². The Morgan fingerprint density at radius 3 is 2.50 bits per heavy atom. The highest BCUT2D eigenvalue weighted by Gasteiger charge is 2.68. The molecule has 6 nitrogen and oxygen atoms in total. The van der Waals surface area contributed by atoms with Crippen molar-refractivity contribution in [2.45, 2.75) is 44.2 Å². The molecular weight excluding hydrogens is 395 g/mol. The number of rotatable bonds is 2. The maximum absolute atomic E-state index is 13.5. The lowest BCUT2D eigenvalue weighted by atomic mass is 9.67. The van der Waals surface area contributed by atoms with Crippen LogP contribution in [0.3, 0.4) is 0 Å². The van der Waals surface area contributed by atoms with Gasteiger partial charge in [0.05, 0.1) is 22.4 Å². The molecule has 1 aromatic carbocycles. The van der Waals surface area contributed by atoms with Crippen LogP contribution in [0, 0.1) is 28.1 Å². The number of amides is 1. The van der Waals surface area contributed by atoms with E-state index in [0.29, 0.717) is 24.2 Å². The second-order valence-electron chi connectivity index (χ2n) is 8.13. The van der Waals surface area contributed by atoms with Gasteiger partial charge in [0, 0.05) is 11.6 Å². The van der Waals surface area contributed by atoms with E-state index < -0.39 is 28.5 Å². The van der Waals surface area contributed by atoms with Crippen LogP contribution in [0.1, 0.15) is 60.9 Å². The second-order valence-corrected chi connectivity index (χ2v) is 8.13. The van der Waals surface area contributed by atoms with Crippen LogP contribution in [0.25, 0.3) is 0 Å². The molecule has 0 spiro atoms.